The molecule has 0 aliphatic carbocycles. The second-order valence-electron chi connectivity index (χ2n) is 9.90. The summed E-state index contributed by atoms with van der Waals surface area (Å²) in [5.74, 6) is 0.224. The Morgan fingerprint density at radius 1 is 0.667 bits per heavy atom. The number of nitrogens with zero attached hydrogens (tertiary/aromatic N) is 2. The topological polar surface area (TPSA) is 72.3 Å². The summed E-state index contributed by atoms with van der Waals surface area (Å²) in [6.07, 6.45) is -9.65. The normalized spacial score (nSPS) is 16.0. The van der Waals surface area contributed by atoms with Crippen LogP contribution in [0.5, 0.6) is 0 Å². The Kier molecular flexibility index (Phi) is 5.88. The second-order valence-corrected chi connectivity index (χ2v) is 9.90. The summed E-state index contributed by atoms with van der Waals surface area (Å²) >= 11 is 0. The van der Waals surface area contributed by atoms with Crippen LogP contribution in [0.2, 0.25) is 0 Å². The van der Waals surface area contributed by atoms with E-state index in [1.54, 1.807) is 13.8 Å². The smallest absolute Gasteiger partial charge is 0.421 e. The van der Waals surface area contributed by atoms with Crippen molar-refractivity contribution < 1.29 is 40.3 Å². The molecule has 0 amide bonds. The minimum absolute atomic E-state index is 0.0587. The molecule has 0 aliphatic heterocycles. The summed E-state index contributed by atoms with van der Waals surface area (Å²) in [6, 6.07) is 11.8. The van der Waals surface area contributed by atoms with E-state index in [1.165, 1.54) is 48.5 Å². The molecular weight excluding hydrogens is 526 g/mol. The first-order valence-electron chi connectivity index (χ1n) is 11.8. The van der Waals surface area contributed by atoms with Crippen LogP contribution in [0.15, 0.2) is 63.4 Å². The number of aryl methyl sites for hydroxylation is 2. The number of halogens is 6. The van der Waals surface area contributed by atoms with Gasteiger partial charge in [-0.25, -0.2) is 9.97 Å². The standard InChI is InChI=1S/C28H22F6N2O3/c1-14-9-16(11-19(10-14)26(4,37)28(32,33)34)24-36-21-13-18(6-8-23(21)39-24)25(3,27(29,30)31)17-5-7-22-20(12-17)35-15(2)38-22/h5-13,37H,1-4H3. The van der Waals surface area contributed by atoms with Gasteiger partial charge in [-0.05, 0) is 79.4 Å². The molecule has 0 radical (unpaired) electrons. The molecular formula is C28H22F6N2O3. The molecule has 5 nitrogen and oxygen atoms in total. The lowest BCUT2D eigenvalue weighted by Crippen LogP contribution is -2.40. The number of hydrogen-bond acceptors (Lipinski definition) is 5. The first-order valence-corrected chi connectivity index (χ1v) is 11.8. The third-order valence-corrected chi connectivity index (χ3v) is 7.04. The van der Waals surface area contributed by atoms with Crippen LogP contribution in [-0.2, 0) is 11.0 Å². The van der Waals surface area contributed by atoms with Crippen LogP contribution in [0.25, 0.3) is 33.7 Å². The number of fused-ring (bicyclic) bond motifs is 2. The van der Waals surface area contributed by atoms with Gasteiger partial charge in [0.2, 0.25) is 5.89 Å². The molecule has 0 bridgehead atoms. The number of alkyl halides is 6. The van der Waals surface area contributed by atoms with Crippen molar-refractivity contribution in [3.8, 4) is 11.5 Å². The van der Waals surface area contributed by atoms with Crippen LogP contribution >= 0.6 is 0 Å². The van der Waals surface area contributed by atoms with E-state index in [2.05, 4.69) is 9.97 Å². The van der Waals surface area contributed by atoms with E-state index in [1.807, 2.05) is 0 Å². The second kappa shape index (κ2) is 8.57. The molecule has 5 rings (SSSR count). The molecule has 2 heterocycles. The number of aromatic nitrogens is 2. The van der Waals surface area contributed by atoms with Gasteiger partial charge in [0.15, 0.2) is 22.7 Å². The summed E-state index contributed by atoms with van der Waals surface area (Å²) in [4.78, 5) is 8.44. The van der Waals surface area contributed by atoms with Gasteiger partial charge in [-0.15, -0.1) is 0 Å². The monoisotopic (exact) mass is 548 g/mol. The summed E-state index contributed by atoms with van der Waals surface area (Å²) in [7, 11) is 0. The van der Waals surface area contributed by atoms with Crippen LogP contribution < -0.4 is 0 Å². The van der Waals surface area contributed by atoms with Gasteiger partial charge in [-0.2, -0.15) is 26.3 Å². The van der Waals surface area contributed by atoms with Gasteiger partial charge in [0.1, 0.15) is 16.4 Å². The van der Waals surface area contributed by atoms with Crippen molar-refractivity contribution in [1.29, 1.82) is 0 Å². The van der Waals surface area contributed by atoms with Crippen molar-refractivity contribution >= 4 is 22.2 Å². The summed E-state index contributed by atoms with van der Waals surface area (Å²) in [5.41, 5.74) is -4.77. The van der Waals surface area contributed by atoms with E-state index in [4.69, 9.17) is 8.83 Å². The Morgan fingerprint density at radius 2 is 1.23 bits per heavy atom. The van der Waals surface area contributed by atoms with Crippen LogP contribution in [0, 0.1) is 13.8 Å². The van der Waals surface area contributed by atoms with Gasteiger partial charge in [-0.3, -0.25) is 0 Å². The van der Waals surface area contributed by atoms with E-state index in [0.29, 0.717) is 24.0 Å². The Hall–Kier alpha value is -3.86. The third kappa shape index (κ3) is 4.34. The highest BCUT2D eigenvalue weighted by Gasteiger charge is 2.54. The fraction of sp³-hybridized carbons (Fsp3) is 0.286. The fourth-order valence-corrected chi connectivity index (χ4v) is 4.56. The Morgan fingerprint density at radius 3 is 1.79 bits per heavy atom. The van der Waals surface area contributed by atoms with Crippen molar-refractivity contribution in [2.45, 2.75) is 51.1 Å². The highest BCUT2D eigenvalue weighted by Crippen LogP contribution is 2.47. The molecule has 3 aromatic carbocycles. The minimum Gasteiger partial charge on any atom is -0.441 e. The van der Waals surface area contributed by atoms with E-state index in [0.717, 1.165) is 13.0 Å². The molecule has 1 N–H and O–H groups in total. The van der Waals surface area contributed by atoms with E-state index in [9.17, 15) is 31.4 Å². The van der Waals surface area contributed by atoms with Crippen molar-refractivity contribution in [2.24, 2.45) is 0 Å². The molecule has 0 spiro atoms. The Labute approximate surface area is 218 Å². The Bertz CT molecular complexity index is 1710. The molecule has 11 heteroatoms. The molecule has 2 unspecified atom stereocenters. The van der Waals surface area contributed by atoms with Gasteiger partial charge in [0.25, 0.3) is 0 Å². The number of oxazole rings is 2. The van der Waals surface area contributed by atoms with Crippen LogP contribution in [-0.4, -0.2) is 27.4 Å². The number of benzene rings is 3. The maximum Gasteiger partial charge on any atom is 0.421 e. The number of hydrogen-bond donors (Lipinski definition) is 1. The average Bonchev–Trinajstić information content (AvgIpc) is 3.43. The zero-order valence-electron chi connectivity index (χ0n) is 21.1. The quantitative estimate of drug-likeness (QED) is 0.231. The molecule has 2 aromatic heterocycles. The van der Waals surface area contributed by atoms with Gasteiger partial charge < -0.3 is 13.9 Å². The minimum atomic E-state index is -4.94. The maximum absolute atomic E-state index is 14.6. The zero-order chi connectivity index (χ0) is 28.5. The maximum atomic E-state index is 14.6. The van der Waals surface area contributed by atoms with Gasteiger partial charge in [0.05, 0.1) is 0 Å². The molecule has 204 valence electrons. The first-order chi connectivity index (χ1) is 18.0. The van der Waals surface area contributed by atoms with Crippen LogP contribution in [0.3, 0.4) is 0 Å². The lowest BCUT2D eigenvalue weighted by atomic mass is 9.75. The van der Waals surface area contributed by atoms with Gasteiger partial charge >= 0.3 is 12.4 Å². The van der Waals surface area contributed by atoms with Crippen molar-refractivity contribution in [2.75, 3.05) is 0 Å². The highest BCUT2D eigenvalue weighted by atomic mass is 19.4. The first kappa shape index (κ1) is 26.7. The number of aliphatic hydroxyl groups is 1. The molecule has 2 atom stereocenters. The van der Waals surface area contributed by atoms with Crippen molar-refractivity contribution in [3.63, 3.8) is 0 Å². The SMILES string of the molecule is Cc1cc(-c2nc3cc(C(C)(c4ccc5oc(C)nc5c4)C(F)(F)F)ccc3o2)cc(C(C)(O)C(F)(F)F)c1. The molecule has 39 heavy (non-hydrogen) atoms. The van der Waals surface area contributed by atoms with Gasteiger partial charge in [0, 0.05) is 12.5 Å². The fourth-order valence-electron chi connectivity index (χ4n) is 4.56. The van der Waals surface area contributed by atoms with Crippen molar-refractivity contribution in [1.82, 2.24) is 9.97 Å². The molecule has 5 aromatic rings. The third-order valence-electron chi connectivity index (χ3n) is 7.04. The predicted molar refractivity (Wildman–Crippen MR) is 131 cm³/mol. The van der Waals surface area contributed by atoms with Gasteiger partial charge in [-0.1, -0.05) is 18.2 Å². The lowest BCUT2D eigenvalue weighted by molar-refractivity contribution is -0.258. The van der Waals surface area contributed by atoms with Crippen molar-refractivity contribution in [3.05, 3.63) is 82.7 Å². The average molecular weight is 548 g/mol. The molecule has 0 fully saturated rings. The zero-order valence-corrected chi connectivity index (χ0v) is 21.1. The lowest BCUT2D eigenvalue weighted by Gasteiger charge is -2.33. The van der Waals surface area contributed by atoms with E-state index in [-0.39, 0.29) is 39.2 Å². The number of rotatable bonds is 4. The van der Waals surface area contributed by atoms with Crippen LogP contribution in [0.1, 0.15) is 42.0 Å². The summed E-state index contributed by atoms with van der Waals surface area (Å²) < 4.78 is 95.4. The van der Waals surface area contributed by atoms with E-state index >= 15 is 0 Å². The summed E-state index contributed by atoms with van der Waals surface area (Å²) in [5, 5.41) is 10.1. The van der Waals surface area contributed by atoms with Crippen LogP contribution in [0.4, 0.5) is 26.3 Å². The molecule has 0 saturated heterocycles. The van der Waals surface area contributed by atoms with E-state index < -0.39 is 28.9 Å². The molecule has 0 saturated carbocycles. The summed E-state index contributed by atoms with van der Waals surface area (Å²) in [6.45, 7) is 4.83. The molecule has 0 aliphatic rings. The highest BCUT2D eigenvalue weighted by molar-refractivity contribution is 5.79. The Balaban J connectivity index is 1.62. The largest absolute Gasteiger partial charge is 0.441 e. The predicted octanol–water partition coefficient (Wildman–Crippen LogP) is 7.89.